The zero-order valence-electron chi connectivity index (χ0n) is 18.0. The fourth-order valence-corrected chi connectivity index (χ4v) is 4.37. The molecule has 1 fully saturated rings. The third kappa shape index (κ3) is 5.14. The molecule has 1 saturated carbocycles. The molecule has 0 heterocycles. The number of rotatable bonds is 12. The first kappa shape index (κ1) is 25.4. The topological polar surface area (TPSA) is 188 Å². The number of carbonyl (C=O) groups is 4. The molecule has 2 rings (SSSR count). The number of aliphatic carboxylic acids is 1. The van der Waals surface area contributed by atoms with Crippen molar-refractivity contribution in [3.63, 3.8) is 0 Å². The van der Waals surface area contributed by atoms with E-state index in [9.17, 15) is 24.3 Å². The largest absolute Gasteiger partial charge is 0.480 e. The fourth-order valence-electron chi connectivity index (χ4n) is 4.37. The van der Waals surface area contributed by atoms with Gasteiger partial charge >= 0.3 is 12.1 Å². The van der Waals surface area contributed by atoms with E-state index in [1.54, 1.807) is 24.3 Å². The molecule has 1 aromatic rings. The van der Waals surface area contributed by atoms with Crippen LogP contribution in [0.2, 0.25) is 0 Å². The predicted molar refractivity (Wildman–Crippen MR) is 116 cm³/mol. The molecule has 0 radical (unpaired) electrons. The van der Waals surface area contributed by atoms with Crippen LogP contribution in [0.1, 0.15) is 44.1 Å². The van der Waals surface area contributed by atoms with Crippen molar-refractivity contribution in [3.05, 3.63) is 35.9 Å². The van der Waals surface area contributed by atoms with Gasteiger partial charge in [-0.15, -0.1) is 0 Å². The van der Waals surface area contributed by atoms with Crippen molar-refractivity contribution < 1.29 is 29.0 Å². The maximum absolute atomic E-state index is 13.7. The van der Waals surface area contributed by atoms with Crippen LogP contribution in [-0.2, 0) is 25.7 Å². The van der Waals surface area contributed by atoms with E-state index in [-0.39, 0.29) is 32.3 Å². The molecular formula is C22H32N4O6. The van der Waals surface area contributed by atoms with Gasteiger partial charge in [-0.05, 0) is 50.6 Å². The summed E-state index contributed by atoms with van der Waals surface area (Å²) in [5.41, 5.74) is 13.9. The molecule has 0 saturated heterocycles. The zero-order valence-corrected chi connectivity index (χ0v) is 18.0. The van der Waals surface area contributed by atoms with Crippen molar-refractivity contribution in [2.75, 3.05) is 13.1 Å². The molecule has 0 bridgehead atoms. The number of ketones is 2. The highest BCUT2D eigenvalue weighted by Gasteiger charge is 2.66. The van der Waals surface area contributed by atoms with E-state index in [0.29, 0.717) is 19.4 Å². The molecule has 3 unspecified atom stereocenters. The standard InChI is InChI=1S/C22H32N4O6/c23-12-5-4-9-16(26-20(31)32-14-15-7-2-1-3-8-15)18(28)21(17(27)13-24)10-6-11-22(21,25)19(29)30/h1-3,7-8,16H,4-6,9-14,23-25H2,(H,26,31)(H,29,30). The lowest BCUT2D eigenvalue weighted by Crippen LogP contribution is -2.68. The van der Waals surface area contributed by atoms with Crippen molar-refractivity contribution in [3.8, 4) is 0 Å². The van der Waals surface area contributed by atoms with Gasteiger partial charge in [-0.25, -0.2) is 4.79 Å². The first-order valence-electron chi connectivity index (χ1n) is 10.7. The maximum atomic E-state index is 13.7. The Bertz CT molecular complexity index is 833. The van der Waals surface area contributed by atoms with Crippen LogP contribution in [-0.4, -0.2) is 53.4 Å². The van der Waals surface area contributed by atoms with E-state index in [2.05, 4.69) is 5.32 Å². The Morgan fingerprint density at radius 3 is 2.38 bits per heavy atom. The number of carboxylic acids is 1. The Morgan fingerprint density at radius 2 is 1.78 bits per heavy atom. The second-order valence-electron chi connectivity index (χ2n) is 8.07. The average Bonchev–Trinajstić information content (AvgIpc) is 3.16. The van der Waals surface area contributed by atoms with Gasteiger partial charge in [0.25, 0.3) is 0 Å². The highest BCUT2D eigenvalue weighted by Crippen LogP contribution is 2.47. The number of nitrogens with one attached hydrogen (secondary N) is 1. The summed E-state index contributed by atoms with van der Waals surface area (Å²) < 4.78 is 5.21. The molecule has 1 amide bonds. The van der Waals surface area contributed by atoms with Crippen LogP contribution in [0.4, 0.5) is 4.79 Å². The summed E-state index contributed by atoms with van der Waals surface area (Å²) in [6.45, 7) is -0.173. The lowest BCUT2D eigenvalue weighted by molar-refractivity contribution is -0.159. The Hall–Kier alpha value is -2.82. The van der Waals surface area contributed by atoms with Crippen LogP contribution >= 0.6 is 0 Å². The summed E-state index contributed by atoms with van der Waals surface area (Å²) in [7, 11) is 0. The van der Waals surface area contributed by atoms with E-state index >= 15 is 0 Å². The third-order valence-electron chi connectivity index (χ3n) is 6.12. The summed E-state index contributed by atoms with van der Waals surface area (Å²) in [5, 5.41) is 12.3. The van der Waals surface area contributed by atoms with Gasteiger partial charge in [-0.1, -0.05) is 30.3 Å². The quantitative estimate of drug-likeness (QED) is 0.223. The van der Waals surface area contributed by atoms with Gasteiger partial charge in [0.15, 0.2) is 11.6 Å². The summed E-state index contributed by atoms with van der Waals surface area (Å²) >= 11 is 0. The van der Waals surface area contributed by atoms with Crippen LogP contribution in [0.5, 0.6) is 0 Å². The van der Waals surface area contributed by atoms with E-state index in [4.69, 9.17) is 21.9 Å². The van der Waals surface area contributed by atoms with Gasteiger partial charge < -0.3 is 32.4 Å². The molecule has 0 aromatic heterocycles. The summed E-state index contributed by atoms with van der Waals surface area (Å²) in [4.78, 5) is 51.0. The van der Waals surface area contributed by atoms with E-state index < -0.39 is 47.2 Å². The number of alkyl carbamates (subject to hydrolysis) is 1. The summed E-state index contributed by atoms with van der Waals surface area (Å²) in [6, 6.07) is 7.81. The minimum Gasteiger partial charge on any atom is -0.480 e. The molecule has 10 nitrogen and oxygen atoms in total. The second kappa shape index (κ2) is 11.2. The highest BCUT2D eigenvalue weighted by atomic mass is 16.5. The monoisotopic (exact) mass is 448 g/mol. The summed E-state index contributed by atoms with van der Waals surface area (Å²) in [6.07, 6.45) is 0.539. The van der Waals surface area contributed by atoms with Crippen LogP contribution in [0.3, 0.4) is 0 Å². The molecular weight excluding hydrogens is 416 g/mol. The third-order valence-corrected chi connectivity index (χ3v) is 6.12. The lowest BCUT2D eigenvalue weighted by Gasteiger charge is -2.39. The van der Waals surface area contributed by atoms with Crippen LogP contribution in [0.15, 0.2) is 30.3 Å². The molecule has 8 N–H and O–H groups in total. The SMILES string of the molecule is NCCCCC(NC(=O)OCc1ccccc1)C(=O)C1(C(=O)CN)CCCC1(N)C(=O)O. The number of hydrogen-bond acceptors (Lipinski definition) is 8. The number of nitrogens with two attached hydrogens (primary N) is 3. The Labute approximate surface area is 186 Å². The van der Waals surface area contributed by atoms with Crippen molar-refractivity contribution >= 4 is 23.6 Å². The van der Waals surface area contributed by atoms with Crippen molar-refractivity contribution in [1.82, 2.24) is 5.32 Å². The number of carboxylic acid groups (broad SMARTS) is 1. The predicted octanol–water partition coefficient (Wildman–Crippen LogP) is 0.460. The first-order chi connectivity index (χ1) is 15.2. The van der Waals surface area contributed by atoms with Crippen molar-refractivity contribution in [2.45, 2.75) is 56.7 Å². The van der Waals surface area contributed by atoms with Gasteiger partial charge in [0, 0.05) is 0 Å². The minimum atomic E-state index is -2.09. The molecule has 0 spiro atoms. The van der Waals surface area contributed by atoms with Crippen LogP contribution in [0.25, 0.3) is 0 Å². The highest BCUT2D eigenvalue weighted by molar-refractivity contribution is 6.15. The second-order valence-corrected chi connectivity index (χ2v) is 8.07. The smallest absolute Gasteiger partial charge is 0.408 e. The van der Waals surface area contributed by atoms with E-state index in [1.165, 1.54) is 0 Å². The fraction of sp³-hybridized carbons (Fsp3) is 0.545. The van der Waals surface area contributed by atoms with Gasteiger partial charge in [-0.2, -0.15) is 0 Å². The minimum absolute atomic E-state index is 0.0147. The van der Waals surface area contributed by atoms with Crippen LogP contribution in [0, 0.1) is 5.41 Å². The molecule has 32 heavy (non-hydrogen) atoms. The maximum Gasteiger partial charge on any atom is 0.408 e. The first-order valence-corrected chi connectivity index (χ1v) is 10.7. The van der Waals surface area contributed by atoms with Crippen LogP contribution < -0.4 is 22.5 Å². The van der Waals surface area contributed by atoms with Crippen molar-refractivity contribution in [1.29, 1.82) is 0 Å². The van der Waals surface area contributed by atoms with Crippen molar-refractivity contribution in [2.24, 2.45) is 22.6 Å². The normalized spacial score (nSPS) is 23.3. The molecule has 1 aliphatic rings. The molecule has 3 atom stereocenters. The van der Waals surface area contributed by atoms with Gasteiger partial charge in [0.1, 0.15) is 17.6 Å². The number of ether oxygens (including phenoxy) is 1. The Morgan fingerprint density at radius 1 is 1.09 bits per heavy atom. The number of amides is 1. The number of carbonyl (C=O) groups excluding carboxylic acids is 3. The van der Waals surface area contributed by atoms with Gasteiger partial charge in [-0.3, -0.25) is 14.4 Å². The van der Waals surface area contributed by atoms with Gasteiger partial charge in [0.05, 0.1) is 12.6 Å². The molecule has 10 heteroatoms. The number of hydrogen-bond donors (Lipinski definition) is 5. The molecule has 1 aliphatic carbocycles. The molecule has 1 aromatic carbocycles. The Balaban J connectivity index is 2.28. The van der Waals surface area contributed by atoms with E-state index in [0.717, 1.165) is 5.56 Å². The number of Topliss-reactive ketones (excluding diaryl/α,β-unsaturated/α-hetero) is 2. The molecule has 176 valence electrons. The zero-order chi connectivity index (χ0) is 23.8. The Kier molecular flexibility index (Phi) is 8.88. The average molecular weight is 449 g/mol. The number of benzene rings is 1. The summed E-state index contributed by atoms with van der Waals surface area (Å²) in [5.74, 6) is -2.94. The number of unbranched alkanes of at least 4 members (excludes halogenated alkanes) is 1. The lowest BCUT2D eigenvalue weighted by atomic mass is 9.64. The van der Waals surface area contributed by atoms with E-state index in [1.807, 2.05) is 6.07 Å². The molecule has 0 aliphatic heterocycles. The van der Waals surface area contributed by atoms with Gasteiger partial charge in [0.2, 0.25) is 0 Å².